The number of anilines is 1. The fourth-order valence-electron chi connectivity index (χ4n) is 1.88. The maximum absolute atomic E-state index is 12.7. The Bertz CT molecular complexity index is 699. The van der Waals surface area contributed by atoms with Crippen LogP contribution in [0.15, 0.2) is 36.5 Å². The number of nitrogens with zero attached hydrogens (tertiary/aromatic N) is 1. The number of halogens is 3. The minimum Gasteiger partial charge on any atom is -0.462 e. The number of ether oxygens (including phenoxy) is 1. The van der Waals surface area contributed by atoms with Gasteiger partial charge >= 0.3 is 12.1 Å². The van der Waals surface area contributed by atoms with Crippen molar-refractivity contribution >= 4 is 11.8 Å². The van der Waals surface area contributed by atoms with E-state index in [0.29, 0.717) is 5.56 Å². The van der Waals surface area contributed by atoms with Gasteiger partial charge in [0.15, 0.2) is 0 Å². The quantitative estimate of drug-likeness (QED) is 0.881. The molecule has 7 heteroatoms. The van der Waals surface area contributed by atoms with Crippen LogP contribution in [0.25, 0.3) is 11.1 Å². The van der Waals surface area contributed by atoms with Gasteiger partial charge in [0.2, 0.25) is 0 Å². The third kappa shape index (κ3) is 3.36. The van der Waals surface area contributed by atoms with Gasteiger partial charge in [0, 0.05) is 11.8 Å². The van der Waals surface area contributed by atoms with E-state index in [0.717, 1.165) is 12.1 Å². The summed E-state index contributed by atoms with van der Waals surface area (Å²) in [5, 5.41) is 0. The maximum Gasteiger partial charge on any atom is 0.416 e. The van der Waals surface area contributed by atoms with Gasteiger partial charge in [-0.1, -0.05) is 12.1 Å². The van der Waals surface area contributed by atoms with Gasteiger partial charge in [-0.15, -0.1) is 0 Å². The second kappa shape index (κ2) is 6.05. The number of esters is 1. The van der Waals surface area contributed by atoms with Gasteiger partial charge in [-0.25, -0.2) is 9.78 Å². The molecule has 0 unspecified atom stereocenters. The van der Waals surface area contributed by atoms with Crippen molar-refractivity contribution in [1.82, 2.24) is 4.98 Å². The average molecular weight is 310 g/mol. The zero-order valence-electron chi connectivity index (χ0n) is 11.6. The van der Waals surface area contributed by atoms with E-state index in [1.807, 2.05) is 0 Å². The number of pyridine rings is 1. The van der Waals surface area contributed by atoms with Crippen LogP contribution >= 0.6 is 0 Å². The number of aromatic nitrogens is 1. The molecule has 0 aliphatic heterocycles. The standard InChI is InChI=1S/C15H13F3N2O2/c1-2-22-14(21)12-7-10(8-20-13(12)19)9-4-3-5-11(6-9)15(16,17)18/h3-8H,2H2,1H3,(H2,19,20). The maximum atomic E-state index is 12.7. The summed E-state index contributed by atoms with van der Waals surface area (Å²) < 4.78 is 43.1. The van der Waals surface area contributed by atoms with Crippen molar-refractivity contribution in [3.05, 3.63) is 47.7 Å². The second-order valence-corrected chi connectivity index (χ2v) is 4.46. The summed E-state index contributed by atoms with van der Waals surface area (Å²) in [6, 6.07) is 6.12. The number of nitrogen functional groups attached to an aromatic ring is 1. The van der Waals surface area contributed by atoms with Crippen molar-refractivity contribution in [2.24, 2.45) is 0 Å². The molecule has 0 aliphatic rings. The average Bonchev–Trinajstić information content (AvgIpc) is 2.47. The van der Waals surface area contributed by atoms with Crippen LogP contribution in [0.2, 0.25) is 0 Å². The summed E-state index contributed by atoms with van der Waals surface area (Å²) in [4.78, 5) is 15.6. The normalized spacial score (nSPS) is 11.3. The Kier molecular flexibility index (Phi) is 4.35. The molecule has 0 atom stereocenters. The lowest BCUT2D eigenvalue weighted by Crippen LogP contribution is -2.09. The highest BCUT2D eigenvalue weighted by Crippen LogP contribution is 2.32. The fourth-order valence-corrected chi connectivity index (χ4v) is 1.88. The van der Waals surface area contributed by atoms with E-state index in [2.05, 4.69) is 4.98 Å². The Morgan fingerprint density at radius 3 is 2.64 bits per heavy atom. The van der Waals surface area contributed by atoms with Crippen LogP contribution in [0.3, 0.4) is 0 Å². The minimum atomic E-state index is -4.44. The molecular weight excluding hydrogens is 297 g/mol. The molecule has 0 saturated carbocycles. The summed E-state index contributed by atoms with van der Waals surface area (Å²) in [5.74, 6) is -0.699. The van der Waals surface area contributed by atoms with E-state index < -0.39 is 17.7 Å². The zero-order chi connectivity index (χ0) is 16.3. The zero-order valence-corrected chi connectivity index (χ0v) is 11.6. The van der Waals surface area contributed by atoms with Gasteiger partial charge in [-0.2, -0.15) is 13.2 Å². The Hall–Kier alpha value is -2.57. The Labute approximate surface area is 124 Å². The van der Waals surface area contributed by atoms with Gasteiger partial charge in [-0.05, 0) is 30.7 Å². The lowest BCUT2D eigenvalue weighted by atomic mass is 10.0. The number of benzene rings is 1. The van der Waals surface area contributed by atoms with Crippen LogP contribution < -0.4 is 5.73 Å². The molecule has 1 aromatic heterocycles. The summed E-state index contributed by atoms with van der Waals surface area (Å²) in [7, 11) is 0. The molecule has 0 bridgehead atoms. The molecule has 2 rings (SSSR count). The highest BCUT2D eigenvalue weighted by Gasteiger charge is 2.30. The molecule has 0 fully saturated rings. The van der Waals surface area contributed by atoms with Crippen molar-refractivity contribution in [3.8, 4) is 11.1 Å². The highest BCUT2D eigenvalue weighted by atomic mass is 19.4. The first kappa shape index (κ1) is 15.8. The molecule has 0 radical (unpaired) electrons. The van der Waals surface area contributed by atoms with Crippen molar-refractivity contribution < 1.29 is 22.7 Å². The SMILES string of the molecule is CCOC(=O)c1cc(-c2cccc(C(F)(F)F)c2)cnc1N. The molecular formula is C15H13F3N2O2. The largest absolute Gasteiger partial charge is 0.462 e. The van der Waals surface area contributed by atoms with Crippen LogP contribution in [0.4, 0.5) is 19.0 Å². The van der Waals surface area contributed by atoms with E-state index >= 15 is 0 Å². The number of rotatable bonds is 3. The predicted molar refractivity (Wildman–Crippen MR) is 75.0 cm³/mol. The van der Waals surface area contributed by atoms with Crippen LogP contribution in [-0.2, 0) is 10.9 Å². The molecule has 0 aliphatic carbocycles. The number of hydrogen-bond acceptors (Lipinski definition) is 4. The third-order valence-corrected chi connectivity index (χ3v) is 2.94. The smallest absolute Gasteiger partial charge is 0.416 e. The molecule has 0 amide bonds. The fraction of sp³-hybridized carbons (Fsp3) is 0.200. The lowest BCUT2D eigenvalue weighted by Gasteiger charge is -2.10. The number of hydrogen-bond donors (Lipinski definition) is 1. The molecule has 0 spiro atoms. The summed E-state index contributed by atoms with van der Waals surface area (Å²) in [6.45, 7) is 1.80. The topological polar surface area (TPSA) is 65.2 Å². The molecule has 116 valence electrons. The first-order valence-electron chi connectivity index (χ1n) is 6.43. The van der Waals surface area contributed by atoms with Crippen LogP contribution in [0, 0.1) is 0 Å². The third-order valence-electron chi connectivity index (χ3n) is 2.94. The molecule has 0 saturated heterocycles. The van der Waals surface area contributed by atoms with Gasteiger partial charge in [-0.3, -0.25) is 0 Å². The van der Waals surface area contributed by atoms with E-state index in [1.165, 1.54) is 24.4 Å². The number of carbonyl (C=O) groups excluding carboxylic acids is 1. The second-order valence-electron chi connectivity index (χ2n) is 4.46. The van der Waals surface area contributed by atoms with Crippen LogP contribution in [0.1, 0.15) is 22.8 Å². The number of carbonyl (C=O) groups is 1. The Morgan fingerprint density at radius 1 is 1.27 bits per heavy atom. The van der Waals surface area contributed by atoms with Crippen molar-refractivity contribution in [2.45, 2.75) is 13.1 Å². The number of alkyl halides is 3. The highest BCUT2D eigenvalue weighted by molar-refractivity contribution is 5.95. The van der Waals surface area contributed by atoms with Crippen LogP contribution in [0.5, 0.6) is 0 Å². The summed E-state index contributed by atoms with van der Waals surface area (Å²) in [5.41, 5.74) is 5.49. The predicted octanol–water partition coefficient (Wildman–Crippen LogP) is 3.53. The molecule has 4 nitrogen and oxygen atoms in total. The van der Waals surface area contributed by atoms with Gasteiger partial charge in [0.1, 0.15) is 11.4 Å². The summed E-state index contributed by atoms with van der Waals surface area (Å²) >= 11 is 0. The molecule has 22 heavy (non-hydrogen) atoms. The molecule has 1 heterocycles. The minimum absolute atomic E-state index is 0.0248. The van der Waals surface area contributed by atoms with Crippen LogP contribution in [-0.4, -0.2) is 17.6 Å². The van der Waals surface area contributed by atoms with Crippen molar-refractivity contribution in [2.75, 3.05) is 12.3 Å². The summed E-state index contributed by atoms with van der Waals surface area (Å²) in [6.07, 6.45) is -3.13. The Morgan fingerprint density at radius 2 is 2.00 bits per heavy atom. The van der Waals surface area contributed by atoms with Crippen molar-refractivity contribution in [3.63, 3.8) is 0 Å². The first-order chi connectivity index (χ1) is 10.3. The molecule has 1 aromatic carbocycles. The first-order valence-corrected chi connectivity index (χ1v) is 6.43. The number of nitrogens with two attached hydrogens (primary N) is 1. The Balaban J connectivity index is 2.46. The molecule has 2 aromatic rings. The van der Waals surface area contributed by atoms with Gasteiger partial charge in [0.05, 0.1) is 12.2 Å². The van der Waals surface area contributed by atoms with Crippen molar-refractivity contribution in [1.29, 1.82) is 0 Å². The molecule has 2 N–H and O–H groups in total. The lowest BCUT2D eigenvalue weighted by molar-refractivity contribution is -0.137. The van der Waals surface area contributed by atoms with E-state index in [1.54, 1.807) is 6.92 Å². The van der Waals surface area contributed by atoms with E-state index in [4.69, 9.17) is 10.5 Å². The monoisotopic (exact) mass is 310 g/mol. The van der Waals surface area contributed by atoms with Gasteiger partial charge in [0.25, 0.3) is 0 Å². The van der Waals surface area contributed by atoms with E-state index in [9.17, 15) is 18.0 Å². The van der Waals surface area contributed by atoms with E-state index in [-0.39, 0.29) is 23.6 Å². The van der Waals surface area contributed by atoms with Gasteiger partial charge < -0.3 is 10.5 Å².